The first kappa shape index (κ1) is 11.5. The van der Waals surface area contributed by atoms with Gasteiger partial charge < -0.3 is 9.80 Å². The predicted octanol–water partition coefficient (Wildman–Crippen LogP) is 1.17. The van der Waals surface area contributed by atoms with Gasteiger partial charge >= 0.3 is 0 Å². The molecule has 0 aliphatic carbocycles. The summed E-state index contributed by atoms with van der Waals surface area (Å²) in [6, 6.07) is 2.36. The summed E-state index contributed by atoms with van der Waals surface area (Å²) in [5.74, 6) is 0.320. The van der Waals surface area contributed by atoms with Crippen LogP contribution in [0.15, 0.2) is 0 Å². The van der Waals surface area contributed by atoms with Crippen LogP contribution in [0.1, 0.15) is 19.3 Å². The van der Waals surface area contributed by atoms with Crippen molar-refractivity contribution in [2.75, 3.05) is 40.3 Å². The summed E-state index contributed by atoms with van der Waals surface area (Å²) >= 11 is 0. The molecule has 3 heteroatoms. The standard InChI is InChI=1S/C11H21N3/c1-13(2)6-3-7-14-8-4-11(10-12)5-9-14/h11H,3-9H2,1-2H3. The van der Waals surface area contributed by atoms with Gasteiger partial charge in [0.25, 0.3) is 0 Å². The van der Waals surface area contributed by atoms with Gasteiger partial charge in [-0.25, -0.2) is 0 Å². The topological polar surface area (TPSA) is 30.3 Å². The van der Waals surface area contributed by atoms with Crippen molar-refractivity contribution in [2.24, 2.45) is 5.92 Å². The van der Waals surface area contributed by atoms with E-state index in [0.29, 0.717) is 5.92 Å². The summed E-state index contributed by atoms with van der Waals surface area (Å²) in [5.41, 5.74) is 0. The highest BCUT2D eigenvalue weighted by Crippen LogP contribution is 2.15. The van der Waals surface area contributed by atoms with Crippen LogP contribution in [0, 0.1) is 17.2 Å². The molecule has 0 saturated carbocycles. The minimum atomic E-state index is 0.320. The zero-order valence-electron chi connectivity index (χ0n) is 9.37. The molecule has 0 atom stereocenters. The lowest BCUT2D eigenvalue weighted by Gasteiger charge is -2.29. The Balaban J connectivity index is 2.08. The first-order chi connectivity index (χ1) is 6.72. The Morgan fingerprint density at radius 3 is 2.50 bits per heavy atom. The van der Waals surface area contributed by atoms with Crippen molar-refractivity contribution in [3.63, 3.8) is 0 Å². The van der Waals surface area contributed by atoms with E-state index in [1.54, 1.807) is 0 Å². The molecule has 1 heterocycles. The van der Waals surface area contributed by atoms with Crippen molar-refractivity contribution in [1.82, 2.24) is 9.80 Å². The minimum absolute atomic E-state index is 0.320. The molecule has 0 aromatic carbocycles. The fraction of sp³-hybridized carbons (Fsp3) is 0.909. The molecule has 0 amide bonds. The van der Waals surface area contributed by atoms with E-state index in [4.69, 9.17) is 5.26 Å². The Labute approximate surface area is 87.3 Å². The summed E-state index contributed by atoms with van der Waals surface area (Å²) < 4.78 is 0. The molecule has 0 aromatic rings. The van der Waals surface area contributed by atoms with Crippen molar-refractivity contribution in [3.05, 3.63) is 0 Å². The molecule has 80 valence electrons. The van der Waals surface area contributed by atoms with E-state index in [-0.39, 0.29) is 0 Å². The van der Waals surface area contributed by atoms with Gasteiger partial charge in [0, 0.05) is 5.92 Å². The fourth-order valence-corrected chi connectivity index (χ4v) is 1.90. The number of hydrogen-bond acceptors (Lipinski definition) is 3. The molecule has 0 radical (unpaired) electrons. The van der Waals surface area contributed by atoms with E-state index in [0.717, 1.165) is 32.5 Å². The van der Waals surface area contributed by atoms with Crippen molar-refractivity contribution in [2.45, 2.75) is 19.3 Å². The molecule has 3 nitrogen and oxygen atoms in total. The largest absolute Gasteiger partial charge is 0.309 e. The van der Waals surface area contributed by atoms with E-state index >= 15 is 0 Å². The third-order valence-corrected chi connectivity index (χ3v) is 2.85. The first-order valence-corrected chi connectivity index (χ1v) is 5.49. The zero-order valence-corrected chi connectivity index (χ0v) is 9.37. The predicted molar refractivity (Wildman–Crippen MR) is 57.9 cm³/mol. The second-order valence-electron chi connectivity index (χ2n) is 4.40. The summed E-state index contributed by atoms with van der Waals surface area (Å²) in [7, 11) is 4.23. The van der Waals surface area contributed by atoms with E-state index in [1.807, 2.05) is 0 Å². The molecule has 14 heavy (non-hydrogen) atoms. The molecular weight excluding hydrogens is 174 g/mol. The van der Waals surface area contributed by atoms with E-state index in [2.05, 4.69) is 30.0 Å². The number of nitriles is 1. The quantitative estimate of drug-likeness (QED) is 0.674. The molecule has 0 N–H and O–H groups in total. The van der Waals surface area contributed by atoms with Crippen LogP contribution in [0.2, 0.25) is 0 Å². The Morgan fingerprint density at radius 1 is 1.36 bits per heavy atom. The van der Waals surface area contributed by atoms with E-state index in [9.17, 15) is 0 Å². The Hall–Kier alpha value is -0.590. The van der Waals surface area contributed by atoms with Gasteiger partial charge in [-0.2, -0.15) is 5.26 Å². The highest BCUT2D eigenvalue weighted by atomic mass is 15.1. The molecular formula is C11H21N3. The lowest BCUT2D eigenvalue weighted by atomic mass is 9.98. The van der Waals surface area contributed by atoms with Crippen molar-refractivity contribution in [1.29, 1.82) is 5.26 Å². The van der Waals surface area contributed by atoms with E-state index in [1.165, 1.54) is 13.0 Å². The maximum absolute atomic E-state index is 8.75. The van der Waals surface area contributed by atoms with Gasteiger partial charge in [0.15, 0.2) is 0 Å². The van der Waals surface area contributed by atoms with Gasteiger partial charge in [-0.1, -0.05) is 0 Å². The summed E-state index contributed by atoms with van der Waals surface area (Å²) in [6.45, 7) is 4.59. The minimum Gasteiger partial charge on any atom is -0.309 e. The SMILES string of the molecule is CN(C)CCCN1CCC(C#N)CC1. The molecule has 1 saturated heterocycles. The molecule has 1 rings (SSSR count). The Morgan fingerprint density at radius 2 is 2.00 bits per heavy atom. The van der Waals surface area contributed by atoms with Crippen LogP contribution in [-0.4, -0.2) is 50.1 Å². The van der Waals surface area contributed by atoms with Gasteiger partial charge in [-0.3, -0.25) is 0 Å². The zero-order chi connectivity index (χ0) is 10.4. The Bertz CT molecular complexity index is 187. The van der Waals surface area contributed by atoms with Crippen LogP contribution in [0.4, 0.5) is 0 Å². The molecule has 1 fully saturated rings. The molecule has 1 aliphatic rings. The van der Waals surface area contributed by atoms with Gasteiger partial charge in [-0.05, 0) is 59.5 Å². The maximum Gasteiger partial charge on any atom is 0.0656 e. The van der Waals surface area contributed by atoms with Crippen LogP contribution in [0.3, 0.4) is 0 Å². The summed E-state index contributed by atoms with van der Waals surface area (Å²) in [6.07, 6.45) is 3.38. The van der Waals surface area contributed by atoms with Crippen LogP contribution in [0.5, 0.6) is 0 Å². The van der Waals surface area contributed by atoms with Gasteiger partial charge in [0.1, 0.15) is 0 Å². The summed E-state index contributed by atoms with van der Waals surface area (Å²) in [4.78, 5) is 4.71. The monoisotopic (exact) mass is 195 g/mol. The van der Waals surface area contributed by atoms with Crippen molar-refractivity contribution < 1.29 is 0 Å². The lowest BCUT2D eigenvalue weighted by Crippen LogP contribution is -2.35. The maximum atomic E-state index is 8.75. The average Bonchev–Trinajstić information content (AvgIpc) is 2.18. The molecule has 0 unspecified atom stereocenters. The van der Waals surface area contributed by atoms with Crippen LogP contribution < -0.4 is 0 Å². The number of nitrogens with zero attached hydrogens (tertiary/aromatic N) is 3. The average molecular weight is 195 g/mol. The molecule has 0 bridgehead atoms. The van der Waals surface area contributed by atoms with Crippen molar-refractivity contribution in [3.8, 4) is 6.07 Å². The first-order valence-electron chi connectivity index (χ1n) is 5.49. The van der Waals surface area contributed by atoms with Crippen molar-refractivity contribution >= 4 is 0 Å². The van der Waals surface area contributed by atoms with Crippen LogP contribution >= 0.6 is 0 Å². The normalized spacial score (nSPS) is 19.9. The highest BCUT2D eigenvalue weighted by molar-refractivity contribution is 4.87. The third-order valence-electron chi connectivity index (χ3n) is 2.85. The van der Waals surface area contributed by atoms with Gasteiger partial charge in [0.05, 0.1) is 6.07 Å². The number of rotatable bonds is 4. The van der Waals surface area contributed by atoms with Crippen LogP contribution in [-0.2, 0) is 0 Å². The number of piperidine rings is 1. The smallest absolute Gasteiger partial charge is 0.0656 e. The van der Waals surface area contributed by atoms with E-state index < -0.39 is 0 Å². The number of likely N-dealkylation sites (tertiary alicyclic amines) is 1. The molecule has 1 aliphatic heterocycles. The van der Waals surface area contributed by atoms with Crippen LogP contribution in [0.25, 0.3) is 0 Å². The van der Waals surface area contributed by atoms with Gasteiger partial charge in [0.2, 0.25) is 0 Å². The number of hydrogen-bond donors (Lipinski definition) is 0. The lowest BCUT2D eigenvalue weighted by molar-refractivity contribution is 0.197. The fourth-order valence-electron chi connectivity index (χ4n) is 1.90. The highest BCUT2D eigenvalue weighted by Gasteiger charge is 2.17. The second kappa shape index (κ2) is 6.00. The molecule has 0 aromatic heterocycles. The van der Waals surface area contributed by atoms with Gasteiger partial charge in [-0.15, -0.1) is 0 Å². The Kier molecular flexibility index (Phi) is 4.92. The molecule has 0 spiro atoms. The third kappa shape index (κ3) is 4.08. The second-order valence-corrected chi connectivity index (χ2v) is 4.40. The summed E-state index contributed by atoms with van der Waals surface area (Å²) in [5, 5.41) is 8.75.